The number of rotatable bonds is 4. The van der Waals surface area contributed by atoms with E-state index in [1.54, 1.807) is 0 Å². The van der Waals surface area contributed by atoms with Crippen molar-refractivity contribution in [1.82, 2.24) is 0 Å². The molecule has 0 spiro atoms. The van der Waals surface area contributed by atoms with E-state index >= 15 is 0 Å². The van der Waals surface area contributed by atoms with Crippen LogP contribution in [0.25, 0.3) is 0 Å². The van der Waals surface area contributed by atoms with Crippen molar-refractivity contribution in [2.75, 3.05) is 5.75 Å². The molecule has 0 nitrogen and oxygen atoms in total. The third-order valence-corrected chi connectivity index (χ3v) is 1.22. The molecule has 0 fully saturated rings. The van der Waals surface area contributed by atoms with E-state index in [1.807, 2.05) is 0 Å². The minimum absolute atomic E-state index is 0. The first-order valence-corrected chi connectivity index (χ1v) is 3.45. The molecule has 8 heavy (non-hydrogen) atoms. The summed E-state index contributed by atoms with van der Waals surface area (Å²) in [4.78, 5) is 0. The summed E-state index contributed by atoms with van der Waals surface area (Å²) in [5.74, 6) is 1.03. The molecule has 0 aliphatic carbocycles. The molecule has 0 saturated heterocycles. The van der Waals surface area contributed by atoms with Crippen molar-refractivity contribution in [3.8, 4) is 0 Å². The molecular weight excluding hydrogens is 207 g/mol. The summed E-state index contributed by atoms with van der Waals surface area (Å²) < 4.78 is 0. The Balaban J connectivity index is 0. The molecule has 0 aromatic carbocycles. The van der Waals surface area contributed by atoms with E-state index in [0.717, 1.165) is 12.2 Å². The number of thiol groups is 1. The SMILES string of the molecule is [CH2-]CCCCCS.[Rh]. The van der Waals surface area contributed by atoms with Crippen molar-refractivity contribution in [3.05, 3.63) is 6.92 Å². The molecule has 0 rings (SSSR count). The molecular formula is C6H13RhS-. The fourth-order valence-electron chi connectivity index (χ4n) is 0.465. The fraction of sp³-hybridized carbons (Fsp3) is 0.833. The van der Waals surface area contributed by atoms with Gasteiger partial charge in [-0.15, -0.1) is 0 Å². The van der Waals surface area contributed by atoms with E-state index in [1.165, 1.54) is 19.3 Å². The van der Waals surface area contributed by atoms with Crippen LogP contribution in [0.4, 0.5) is 0 Å². The maximum atomic E-state index is 4.07. The van der Waals surface area contributed by atoms with Gasteiger partial charge in [0.15, 0.2) is 0 Å². The van der Waals surface area contributed by atoms with Gasteiger partial charge in [-0.05, 0) is 12.2 Å². The number of hydrogen-bond donors (Lipinski definition) is 1. The first kappa shape index (κ1) is 11.7. The molecule has 0 bridgehead atoms. The summed E-state index contributed by atoms with van der Waals surface area (Å²) in [6, 6.07) is 0. The Morgan fingerprint density at radius 2 is 1.75 bits per heavy atom. The monoisotopic (exact) mass is 220 g/mol. The maximum absolute atomic E-state index is 4.07. The van der Waals surface area contributed by atoms with Crippen LogP contribution in [-0.4, -0.2) is 5.75 Å². The van der Waals surface area contributed by atoms with Gasteiger partial charge < -0.3 is 6.92 Å². The second kappa shape index (κ2) is 10.9. The Morgan fingerprint density at radius 1 is 1.12 bits per heavy atom. The van der Waals surface area contributed by atoms with E-state index in [0.29, 0.717) is 0 Å². The molecule has 0 aromatic rings. The summed E-state index contributed by atoms with van der Waals surface area (Å²) in [6.07, 6.45) is 4.89. The molecule has 53 valence electrons. The van der Waals surface area contributed by atoms with Gasteiger partial charge in [-0.1, -0.05) is 12.8 Å². The Kier molecular flexibility index (Phi) is 15.9. The standard InChI is InChI=1S/C6H13S.Rh/c1-2-3-4-5-6-7;/h7H,1-6H2;/q-1;. The van der Waals surface area contributed by atoms with Gasteiger partial charge in [0.25, 0.3) is 0 Å². The van der Waals surface area contributed by atoms with Gasteiger partial charge in [-0.2, -0.15) is 19.0 Å². The molecule has 0 saturated carbocycles. The fourth-order valence-corrected chi connectivity index (χ4v) is 0.689. The average molecular weight is 220 g/mol. The summed E-state index contributed by atoms with van der Waals surface area (Å²) in [6.45, 7) is 3.73. The van der Waals surface area contributed by atoms with Gasteiger partial charge in [-0.3, -0.25) is 0 Å². The zero-order chi connectivity index (χ0) is 5.54. The van der Waals surface area contributed by atoms with E-state index in [-0.39, 0.29) is 19.5 Å². The van der Waals surface area contributed by atoms with Crippen LogP contribution in [0.3, 0.4) is 0 Å². The van der Waals surface area contributed by atoms with Crippen LogP contribution in [-0.2, 0) is 19.5 Å². The van der Waals surface area contributed by atoms with Crippen LogP contribution in [0.2, 0.25) is 0 Å². The molecule has 0 amide bonds. The summed E-state index contributed by atoms with van der Waals surface area (Å²) in [5, 5.41) is 0. The van der Waals surface area contributed by atoms with Crippen LogP contribution in [0.5, 0.6) is 0 Å². The smallest absolute Gasteiger partial charge is 0 e. The van der Waals surface area contributed by atoms with Crippen LogP contribution < -0.4 is 0 Å². The first-order valence-electron chi connectivity index (χ1n) is 2.82. The van der Waals surface area contributed by atoms with Crippen LogP contribution >= 0.6 is 12.6 Å². The minimum atomic E-state index is 0. The van der Waals surface area contributed by atoms with Gasteiger partial charge in [0, 0.05) is 19.5 Å². The van der Waals surface area contributed by atoms with E-state index in [2.05, 4.69) is 19.6 Å². The Hall–Kier alpha value is 0.973. The second-order valence-corrected chi connectivity index (χ2v) is 2.09. The number of hydrogen-bond acceptors (Lipinski definition) is 1. The van der Waals surface area contributed by atoms with Crippen LogP contribution in [0.15, 0.2) is 0 Å². The van der Waals surface area contributed by atoms with Crippen LogP contribution in [0, 0.1) is 6.92 Å². The van der Waals surface area contributed by atoms with Gasteiger partial charge in [-0.25, -0.2) is 0 Å². The predicted octanol–water partition coefficient (Wildman–Crippen LogP) is 2.31. The predicted molar refractivity (Wildman–Crippen MR) is 37.7 cm³/mol. The Morgan fingerprint density at radius 3 is 2.12 bits per heavy atom. The molecule has 0 aromatic heterocycles. The molecule has 1 radical (unpaired) electrons. The summed E-state index contributed by atoms with van der Waals surface area (Å²) in [5.41, 5.74) is 0. The molecule has 0 N–H and O–H groups in total. The molecule has 0 heterocycles. The summed E-state index contributed by atoms with van der Waals surface area (Å²) in [7, 11) is 0. The Bertz CT molecular complexity index is 27.7. The third-order valence-electron chi connectivity index (χ3n) is 0.908. The van der Waals surface area contributed by atoms with Crippen molar-refractivity contribution in [3.63, 3.8) is 0 Å². The summed E-state index contributed by atoms with van der Waals surface area (Å²) >= 11 is 4.07. The normalized spacial score (nSPS) is 8.25. The average Bonchev–Trinajstić information content (AvgIpc) is 1.69. The zero-order valence-electron chi connectivity index (χ0n) is 5.02. The van der Waals surface area contributed by atoms with Crippen molar-refractivity contribution in [2.45, 2.75) is 25.7 Å². The van der Waals surface area contributed by atoms with Crippen molar-refractivity contribution >= 4 is 12.6 Å². The molecule has 2 heteroatoms. The topological polar surface area (TPSA) is 0 Å². The second-order valence-electron chi connectivity index (χ2n) is 1.64. The number of unbranched alkanes of at least 4 members (excludes halogenated alkanes) is 3. The van der Waals surface area contributed by atoms with Gasteiger partial charge >= 0.3 is 0 Å². The van der Waals surface area contributed by atoms with Gasteiger partial charge in [0.05, 0.1) is 0 Å². The molecule has 0 aliphatic heterocycles. The minimum Gasteiger partial charge on any atom is -0.343 e. The molecule has 0 unspecified atom stereocenters. The Labute approximate surface area is 70.6 Å². The molecule has 0 atom stereocenters. The third kappa shape index (κ3) is 10.1. The van der Waals surface area contributed by atoms with Gasteiger partial charge in [0.2, 0.25) is 0 Å². The van der Waals surface area contributed by atoms with Crippen molar-refractivity contribution in [1.29, 1.82) is 0 Å². The van der Waals surface area contributed by atoms with Crippen molar-refractivity contribution in [2.24, 2.45) is 0 Å². The quantitative estimate of drug-likeness (QED) is 0.319. The van der Waals surface area contributed by atoms with Crippen molar-refractivity contribution < 1.29 is 19.5 Å². The maximum Gasteiger partial charge on any atom is 0 e. The van der Waals surface area contributed by atoms with Crippen LogP contribution in [0.1, 0.15) is 25.7 Å². The van der Waals surface area contributed by atoms with Gasteiger partial charge in [0.1, 0.15) is 0 Å². The zero-order valence-corrected chi connectivity index (χ0v) is 7.56. The molecule has 0 aliphatic rings. The van der Waals surface area contributed by atoms with E-state index in [9.17, 15) is 0 Å². The first-order chi connectivity index (χ1) is 3.41. The van der Waals surface area contributed by atoms with E-state index < -0.39 is 0 Å². The van der Waals surface area contributed by atoms with E-state index in [4.69, 9.17) is 0 Å². The largest absolute Gasteiger partial charge is 0.343 e.